The van der Waals surface area contributed by atoms with Crippen LogP contribution in [0.2, 0.25) is 0 Å². The number of nitrogens with one attached hydrogen (secondary N) is 1. The molecule has 2 bridgehead atoms. The van der Waals surface area contributed by atoms with Crippen LogP contribution in [0.4, 0.5) is 0 Å². The molecule has 3 fully saturated rings. The van der Waals surface area contributed by atoms with Gasteiger partial charge in [0.1, 0.15) is 0 Å². The van der Waals surface area contributed by atoms with Gasteiger partial charge in [-0.25, -0.2) is 0 Å². The number of fused-ring (bicyclic) bond motifs is 9. The minimum Gasteiger partial charge on any atom is -0.466 e. The van der Waals surface area contributed by atoms with Gasteiger partial charge in [0.25, 0.3) is 0 Å². The first-order valence-corrected chi connectivity index (χ1v) is 13.0. The lowest BCUT2D eigenvalue weighted by molar-refractivity contribution is -0.145. The number of ether oxygens (including phenoxy) is 1. The zero-order valence-corrected chi connectivity index (χ0v) is 19.6. The number of aromatic nitrogens is 2. The van der Waals surface area contributed by atoms with E-state index in [0.717, 1.165) is 21.9 Å². The minimum atomic E-state index is -0.396. The Balaban J connectivity index is 1.34. The number of hydrogen-bond donors (Lipinski definition) is 1. The molecular formula is C23H23N3O5S2. The van der Waals surface area contributed by atoms with Gasteiger partial charge in [0.05, 0.1) is 29.9 Å². The van der Waals surface area contributed by atoms with E-state index in [-0.39, 0.29) is 77.0 Å². The van der Waals surface area contributed by atoms with Gasteiger partial charge in [0.2, 0.25) is 11.8 Å². The van der Waals surface area contributed by atoms with Crippen molar-refractivity contribution in [3.05, 3.63) is 44.6 Å². The highest BCUT2D eigenvalue weighted by atomic mass is 32.2. The minimum absolute atomic E-state index is 0.0173. The summed E-state index contributed by atoms with van der Waals surface area (Å²) in [6.07, 6.45) is 4.45. The number of hydrogen-bond acceptors (Lipinski definition) is 8. The number of thioether (sulfide) groups is 1. The van der Waals surface area contributed by atoms with Crippen LogP contribution in [0.5, 0.6) is 0 Å². The molecule has 2 aromatic rings. The Morgan fingerprint density at radius 2 is 2.03 bits per heavy atom. The number of amides is 2. The molecule has 8 nitrogen and oxygen atoms in total. The van der Waals surface area contributed by atoms with Crippen molar-refractivity contribution in [2.24, 2.45) is 29.6 Å². The lowest BCUT2D eigenvalue weighted by Crippen LogP contribution is -2.42. The standard InChI is InChI=1S/C23H23N3O5S2/c1-2-31-13(27)5-7-26-21(28)16-11-8-12(17(16)22(26)29)18-15(11)14(10-4-3-6-24-9-10)19-20(32-18)25-23(30)33-19/h3-4,6,9,11-12,14-18H,2,5,7-8H2,1H3,(H,25,30)/t11-,12-,14-,15-,16-,17-,18+/m0/s1. The van der Waals surface area contributed by atoms with Crippen molar-refractivity contribution in [1.82, 2.24) is 14.9 Å². The first-order chi connectivity index (χ1) is 16.0. The number of aromatic amines is 1. The van der Waals surface area contributed by atoms with Crippen molar-refractivity contribution in [2.75, 3.05) is 13.2 Å². The van der Waals surface area contributed by atoms with Crippen molar-refractivity contribution in [2.45, 2.75) is 36.0 Å². The maximum atomic E-state index is 13.4. The molecule has 2 aliphatic carbocycles. The predicted octanol–water partition coefficient (Wildman–Crippen LogP) is 2.26. The zero-order chi connectivity index (χ0) is 22.9. The smallest absolute Gasteiger partial charge is 0.307 e. The number of H-pyrrole nitrogens is 1. The summed E-state index contributed by atoms with van der Waals surface area (Å²) in [6.45, 7) is 2.09. The SMILES string of the molecule is CCOC(=O)CCN1C(=O)[C@H]2[C@@H]3C[C@H]([C@@H]2C1=O)[C@H]1[C@H](c2cccnc2)c2sc(=O)[nH]c2S[C@H]31. The number of pyridine rings is 1. The lowest BCUT2D eigenvalue weighted by atomic mass is 9.68. The van der Waals surface area contributed by atoms with Gasteiger partial charge in [-0.2, -0.15) is 0 Å². The molecule has 2 saturated carbocycles. The number of nitrogens with zero attached hydrogens (tertiary/aromatic N) is 2. The Labute approximate surface area is 198 Å². The van der Waals surface area contributed by atoms with Crippen molar-refractivity contribution < 1.29 is 19.1 Å². The summed E-state index contributed by atoms with van der Waals surface area (Å²) >= 11 is 2.91. The fourth-order valence-corrected chi connectivity index (χ4v) is 9.56. The van der Waals surface area contributed by atoms with Crippen LogP contribution in [0.25, 0.3) is 0 Å². The average Bonchev–Trinajstić information content (AvgIpc) is 3.52. The molecular weight excluding hydrogens is 462 g/mol. The largest absolute Gasteiger partial charge is 0.466 e. The van der Waals surface area contributed by atoms with Crippen LogP contribution in [-0.2, 0) is 19.1 Å². The van der Waals surface area contributed by atoms with Crippen LogP contribution in [0, 0.1) is 29.6 Å². The van der Waals surface area contributed by atoms with Gasteiger partial charge in [0, 0.05) is 35.0 Å². The zero-order valence-electron chi connectivity index (χ0n) is 17.9. The van der Waals surface area contributed by atoms with E-state index in [1.54, 1.807) is 24.9 Å². The molecule has 4 aliphatic rings. The van der Waals surface area contributed by atoms with E-state index in [0.29, 0.717) is 0 Å². The van der Waals surface area contributed by atoms with Crippen LogP contribution in [0.1, 0.15) is 36.1 Å². The molecule has 0 radical (unpaired) electrons. The molecule has 7 atom stereocenters. The van der Waals surface area contributed by atoms with Gasteiger partial charge in [-0.05, 0) is 42.7 Å². The summed E-state index contributed by atoms with van der Waals surface area (Å²) in [5.41, 5.74) is 1.05. The Morgan fingerprint density at radius 1 is 1.24 bits per heavy atom. The molecule has 0 unspecified atom stereocenters. The van der Waals surface area contributed by atoms with Crippen molar-refractivity contribution in [1.29, 1.82) is 0 Å². The third kappa shape index (κ3) is 3.06. The van der Waals surface area contributed by atoms with Crippen molar-refractivity contribution in [3.63, 3.8) is 0 Å². The normalized spacial score (nSPS) is 33.7. The summed E-state index contributed by atoms with van der Waals surface area (Å²) in [4.78, 5) is 60.3. The van der Waals surface area contributed by atoms with Crippen molar-refractivity contribution >= 4 is 40.9 Å². The Hall–Kier alpha value is -2.46. The quantitative estimate of drug-likeness (QED) is 0.511. The molecule has 2 aromatic heterocycles. The van der Waals surface area contributed by atoms with E-state index < -0.39 is 5.97 Å². The maximum absolute atomic E-state index is 13.4. The molecule has 1 saturated heterocycles. The second kappa shape index (κ2) is 7.80. The maximum Gasteiger partial charge on any atom is 0.307 e. The van der Waals surface area contributed by atoms with Gasteiger partial charge in [-0.1, -0.05) is 17.4 Å². The summed E-state index contributed by atoms with van der Waals surface area (Å²) < 4.78 is 4.97. The Bertz CT molecular complexity index is 1190. The highest BCUT2D eigenvalue weighted by molar-refractivity contribution is 8.00. The summed E-state index contributed by atoms with van der Waals surface area (Å²) in [7, 11) is 0. The molecule has 172 valence electrons. The number of imide groups is 1. The fourth-order valence-electron chi connectivity index (χ4n) is 6.67. The Morgan fingerprint density at radius 3 is 2.76 bits per heavy atom. The van der Waals surface area contributed by atoms with Crippen LogP contribution in [0.15, 0.2) is 34.3 Å². The number of carbonyl (C=O) groups excluding carboxylic acids is 3. The van der Waals surface area contributed by atoms with E-state index in [9.17, 15) is 19.2 Å². The monoisotopic (exact) mass is 485 g/mol. The molecule has 0 spiro atoms. The molecule has 4 heterocycles. The third-order valence-electron chi connectivity index (χ3n) is 7.70. The van der Waals surface area contributed by atoms with Gasteiger partial charge in [-0.3, -0.25) is 29.1 Å². The van der Waals surface area contributed by atoms with Gasteiger partial charge in [-0.15, -0.1) is 11.8 Å². The molecule has 2 aliphatic heterocycles. The summed E-state index contributed by atoms with van der Waals surface area (Å²) in [5.74, 6) is -1.09. The van der Waals surface area contributed by atoms with Gasteiger partial charge < -0.3 is 9.72 Å². The number of esters is 1. The van der Waals surface area contributed by atoms with Crippen LogP contribution >= 0.6 is 23.1 Å². The number of likely N-dealkylation sites (tertiary alicyclic amines) is 1. The molecule has 2 amide bonds. The molecule has 10 heteroatoms. The second-order valence-electron chi connectivity index (χ2n) is 9.13. The summed E-state index contributed by atoms with van der Waals surface area (Å²) in [5, 5.41) is 1.04. The van der Waals surface area contributed by atoms with Crippen LogP contribution < -0.4 is 4.87 Å². The summed E-state index contributed by atoms with van der Waals surface area (Å²) in [6, 6.07) is 3.94. The molecule has 6 rings (SSSR count). The first-order valence-electron chi connectivity index (χ1n) is 11.3. The first kappa shape index (κ1) is 21.1. The predicted molar refractivity (Wildman–Crippen MR) is 121 cm³/mol. The topological polar surface area (TPSA) is 109 Å². The van der Waals surface area contributed by atoms with E-state index in [4.69, 9.17) is 4.74 Å². The highest BCUT2D eigenvalue weighted by Crippen LogP contribution is 2.68. The number of carbonyl (C=O) groups is 3. The van der Waals surface area contributed by atoms with E-state index in [1.807, 2.05) is 18.3 Å². The molecule has 33 heavy (non-hydrogen) atoms. The van der Waals surface area contributed by atoms with E-state index >= 15 is 0 Å². The fraction of sp³-hybridized carbons (Fsp3) is 0.522. The lowest BCUT2D eigenvalue weighted by Gasteiger charge is -2.42. The number of rotatable bonds is 5. The van der Waals surface area contributed by atoms with Crippen LogP contribution in [0.3, 0.4) is 0 Å². The van der Waals surface area contributed by atoms with Gasteiger partial charge in [0.15, 0.2) is 0 Å². The molecule has 0 aromatic carbocycles. The van der Waals surface area contributed by atoms with Gasteiger partial charge >= 0.3 is 10.8 Å². The Kier molecular flexibility index (Phi) is 4.99. The average molecular weight is 486 g/mol. The van der Waals surface area contributed by atoms with Crippen LogP contribution in [-0.4, -0.2) is 51.1 Å². The molecule has 1 N–H and O–H groups in total. The third-order valence-corrected chi connectivity index (χ3v) is 10.3. The van der Waals surface area contributed by atoms with Crippen molar-refractivity contribution in [3.8, 4) is 0 Å². The van der Waals surface area contributed by atoms with E-state index in [1.165, 1.54) is 16.2 Å². The highest BCUT2D eigenvalue weighted by Gasteiger charge is 2.69. The number of thiazole rings is 1. The second-order valence-corrected chi connectivity index (χ2v) is 11.3. The van der Waals surface area contributed by atoms with E-state index in [2.05, 4.69) is 9.97 Å².